The number of piperidine rings is 1. The normalized spacial score (nSPS) is 19.4. The Hall–Kier alpha value is -1.32. The molecule has 0 aromatic carbocycles. The summed E-state index contributed by atoms with van der Waals surface area (Å²) in [6.07, 6.45) is 5.61. The number of nitrogens with zero attached hydrogens (tertiary/aromatic N) is 1. The Bertz CT molecular complexity index is 315. The molecule has 0 atom stereocenters. The molecule has 0 radical (unpaired) electrons. The minimum atomic E-state index is -0.534. The second-order valence-corrected chi connectivity index (χ2v) is 4.38. The summed E-state index contributed by atoms with van der Waals surface area (Å²) in [5.41, 5.74) is -0.534. The number of carbonyl (C=O) groups is 2. The molecule has 4 nitrogen and oxygen atoms in total. The molecule has 4 heteroatoms. The molecule has 1 aliphatic heterocycles. The lowest BCUT2D eigenvalue weighted by Crippen LogP contribution is -2.45. The van der Waals surface area contributed by atoms with Crippen LogP contribution in [0.25, 0.3) is 0 Å². The summed E-state index contributed by atoms with van der Waals surface area (Å²) < 4.78 is 4.87. The van der Waals surface area contributed by atoms with Crippen molar-refractivity contribution in [2.24, 2.45) is 5.41 Å². The van der Waals surface area contributed by atoms with Crippen LogP contribution in [0, 0.1) is 5.41 Å². The molecule has 0 aromatic heterocycles. The van der Waals surface area contributed by atoms with Crippen molar-refractivity contribution in [2.45, 2.75) is 33.1 Å². The number of allylic oxidation sites excluding steroid dienone is 1. The van der Waals surface area contributed by atoms with Crippen molar-refractivity contribution < 1.29 is 14.3 Å². The molecule has 17 heavy (non-hydrogen) atoms. The first-order chi connectivity index (χ1) is 8.09. The Balaban J connectivity index is 2.74. The zero-order chi connectivity index (χ0) is 12.9. The van der Waals surface area contributed by atoms with Gasteiger partial charge in [-0.2, -0.15) is 0 Å². The average molecular weight is 239 g/mol. The zero-order valence-electron chi connectivity index (χ0n) is 10.9. The number of methoxy groups -OCH3 is 1. The summed E-state index contributed by atoms with van der Waals surface area (Å²) in [5, 5.41) is 0. The van der Waals surface area contributed by atoms with Gasteiger partial charge in [-0.1, -0.05) is 19.1 Å². The average Bonchev–Trinajstić information content (AvgIpc) is 2.38. The predicted octanol–water partition coefficient (Wildman–Crippen LogP) is 1.75. The van der Waals surface area contributed by atoms with Gasteiger partial charge in [0, 0.05) is 19.5 Å². The highest BCUT2D eigenvalue weighted by Gasteiger charge is 2.40. The SMILES string of the molecule is C/C=C/C1(C(=O)OC)CCN(C(=O)CC)CC1. The van der Waals surface area contributed by atoms with Crippen molar-refractivity contribution in [1.82, 2.24) is 4.90 Å². The van der Waals surface area contributed by atoms with E-state index in [-0.39, 0.29) is 11.9 Å². The third-order valence-corrected chi connectivity index (χ3v) is 3.39. The maximum Gasteiger partial charge on any atom is 0.315 e. The van der Waals surface area contributed by atoms with Crippen LogP contribution >= 0.6 is 0 Å². The topological polar surface area (TPSA) is 46.6 Å². The van der Waals surface area contributed by atoms with Gasteiger partial charge in [-0.25, -0.2) is 0 Å². The molecule has 1 fully saturated rings. The van der Waals surface area contributed by atoms with Gasteiger partial charge in [0.25, 0.3) is 0 Å². The van der Waals surface area contributed by atoms with Crippen molar-refractivity contribution in [3.05, 3.63) is 12.2 Å². The van der Waals surface area contributed by atoms with Gasteiger partial charge in [-0.15, -0.1) is 0 Å². The Labute approximate surface area is 103 Å². The van der Waals surface area contributed by atoms with Crippen molar-refractivity contribution in [2.75, 3.05) is 20.2 Å². The van der Waals surface area contributed by atoms with Crippen LogP contribution in [0.15, 0.2) is 12.2 Å². The van der Waals surface area contributed by atoms with Crippen molar-refractivity contribution in [1.29, 1.82) is 0 Å². The lowest BCUT2D eigenvalue weighted by atomic mass is 9.78. The van der Waals surface area contributed by atoms with E-state index in [9.17, 15) is 9.59 Å². The smallest absolute Gasteiger partial charge is 0.315 e. The van der Waals surface area contributed by atoms with Gasteiger partial charge in [-0.3, -0.25) is 9.59 Å². The van der Waals surface area contributed by atoms with Crippen LogP contribution in [0.2, 0.25) is 0 Å². The van der Waals surface area contributed by atoms with Crippen molar-refractivity contribution in [3.8, 4) is 0 Å². The van der Waals surface area contributed by atoms with Gasteiger partial charge in [-0.05, 0) is 19.8 Å². The molecule has 0 bridgehead atoms. The zero-order valence-corrected chi connectivity index (χ0v) is 10.9. The van der Waals surface area contributed by atoms with Gasteiger partial charge in [0.05, 0.1) is 12.5 Å². The van der Waals surface area contributed by atoms with Crippen LogP contribution < -0.4 is 0 Å². The van der Waals surface area contributed by atoms with Crippen LogP contribution in [-0.2, 0) is 14.3 Å². The maximum absolute atomic E-state index is 11.8. The summed E-state index contributed by atoms with van der Waals surface area (Å²) in [4.78, 5) is 25.2. The number of ether oxygens (including phenoxy) is 1. The van der Waals surface area contributed by atoms with Crippen LogP contribution in [0.3, 0.4) is 0 Å². The quantitative estimate of drug-likeness (QED) is 0.557. The molecule has 1 rings (SSSR count). The van der Waals surface area contributed by atoms with Gasteiger partial charge in [0.15, 0.2) is 0 Å². The van der Waals surface area contributed by atoms with Crippen LogP contribution in [0.5, 0.6) is 0 Å². The van der Waals surface area contributed by atoms with E-state index in [1.807, 2.05) is 30.9 Å². The summed E-state index contributed by atoms with van der Waals surface area (Å²) >= 11 is 0. The molecule has 1 amide bonds. The Morgan fingerprint density at radius 1 is 1.35 bits per heavy atom. The standard InChI is InChI=1S/C13H21NO3/c1-4-6-13(12(16)17-3)7-9-14(10-8-13)11(15)5-2/h4,6H,5,7-10H2,1-3H3/b6-4+. The highest BCUT2D eigenvalue weighted by atomic mass is 16.5. The largest absolute Gasteiger partial charge is 0.468 e. The number of rotatable bonds is 3. The third-order valence-electron chi connectivity index (χ3n) is 3.39. The van der Waals surface area contributed by atoms with Gasteiger partial charge in [0.2, 0.25) is 5.91 Å². The number of hydrogen-bond donors (Lipinski definition) is 0. The van der Waals surface area contributed by atoms with Crippen molar-refractivity contribution >= 4 is 11.9 Å². The van der Waals surface area contributed by atoms with E-state index in [0.717, 1.165) is 0 Å². The predicted molar refractivity (Wildman–Crippen MR) is 65.4 cm³/mol. The minimum absolute atomic E-state index is 0.156. The molecule has 0 aromatic rings. The lowest BCUT2D eigenvalue weighted by Gasteiger charge is -2.37. The molecule has 0 N–H and O–H groups in total. The fourth-order valence-corrected chi connectivity index (χ4v) is 2.34. The third kappa shape index (κ3) is 2.87. The van der Waals surface area contributed by atoms with Crippen molar-refractivity contribution in [3.63, 3.8) is 0 Å². The Kier molecular flexibility index (Phi) is 4.73. The molecule has 96 valence electrons. The molecule has 0 spiro atoms. The first-order valence-corrected chi connectivity index (χ1v) is 6.09. The van der Waals surface area contributed by atoms with E-state index in [1.165, 1.54) is 7.11 Å². The highest BCUT2D eigenvalue weighted by molar-refractivity contribution is 5.80. The summed E-state index contributed by atoms with van der Waals surface area (Å²) in [5.74, 6) is -0.0388. The molecule has 1 aliphatic rings. The van der Waals surface area contributed by atoms with E-state index in [4.69, 9.17) is 4.74 Å². The lowest BCUT2D eigenvalue weighted by molar-refractivity contribution is -0.154. The van der Waals surface area contributed by atoms with E-state index < -0.39 is 5.41 Å². The van der Waals surface area contributed by atoms with E-state index >= 15 is 0 Å². The highest BCUT2D eigenvalue weighted by Crippen LogP contribution is 2.34. The molecule has 1 saturated heterocycles. The monoisotopic (exact) mass is 239 g/mol. The number of esters is 1. The summed E-state index contributed by atoms with van der Waals surface area (Å²) in [7, 11) is 1.41. The number of likely N-dealkylation sites (tertiary alicyclic amines) is 1. The molecule has 0 saturated carbocycles. The molecular formula is C13H21NO3. The van der Waals surface area contributed by atoms with Crippen LogP contribution in [0.4, 0.5) is 0 Å². The molecule has 1 heterocycles. The Morgan fingerprint density at radius 2 is 1.94 bits per heavy atom. The first-order valence-electron chi connectivity index (χ1n) is 6.09. The molecule has 0 unspecified atom stereocenters. The van der Waals surface area contributed by atoms with E-state index in [2.05, 4.69) is 0 Å². The Morgan fingerprint density at radius 3 is 2.35 bits per heavy atom. The second kappa shape index (κ2) is 5.84. The maximum atomic E-state index is 11.8. The number of hydrogen-bond acceptors (Lipinski definition) is 3. The number of carbonyl (C=O) groups excluding carboxylic acids is 2. The second-order valence-electron chi connectivity index (χ2n) is 4.38. The van der Waals surface area contributed by atoms with Gasteiger partial charge < -0.3 is 9.64 Å². The van der Waals surface area contributed by atoms with E-state index in [0.29, 0.717) is 32.4 Å². The molecular weight excluding hydrogens is 218 g/mol. The summed E-state index contributed by atoms with van der Waals surface area (Å²) in [6, 6.07) is 0. The van der Waals surface area contributed by atoms with Crippen LogP contribution in [0.1, 0.15) is 33.1 Å². The van der Waals surface area contributed by atoms with E-state index in [1.54, 1.807) is 0 Å². The summed E-state index contributed by atoms with van der Waals surface area (Å²) in [6.45, 7) is 5.02. The van der Waals surface area contributed by atoms with Crippen LogP contribution in [-0.4, -0.2) is 37.0 Å². The first kappa shape index (κ1) is 13.7. The number of amides is 1. The fraction of sp³-hybridized carbons (Fsp3) is 0.692. The van der Waals surface area contributed by atoms with Gasteiger partial charge >= 0.3 is 5.97 Å². The molecule has 0 aliphatic carbocycles. The van der Waals surface area contributed by atoms with Gasteiger partial charge in [0.1, 0.15) is 0 Å². The fourth-order valence-electron chi connectivity index (χ4n) is 2.34. The minimum Gasteiger partial charge on any atom is -0.468 e.